The standard InChI is InChI=1S/C14H22N2OS2/c1-2-18-10-9-13(17)16-14-15-11-7-5-3-4-6-8-12(11)19-14/h2-10H2,1H3,(H,15,16,17). The van der Waals surface area contributed by atoms with Crippen molar-refractivity contribution in [3.05, 3.63) is 10.6 Å². The van der Waals surface area contributed by atoms with E-state index in [4.69, 9.17) is 0 Å². The van der Waals surface area contributed by atoms with Gasteiger partial charge in [0, 0.05) is 17.1 Å². The van der Waals surface area contributed by atoms with Crippen LogP contribution in [0.15, 0.2) is 0 Å². The van der Waals surface area contributed by atoms with Crippen LogP contribution >= 0.6 is 23.1 Å². The number of carbonyl (C=O) groups is 1. The fraction of sp³-hybridized carbons (Fsp3) is 0.714. The van der Waals surface area contributed by atoms with E-state index in [1.807, 2.05) is 0 Å². The van der Waals surface area contributed by atoms with Gasteiger partial charge in [0.2, 0.25) is 5.91 Å². The van der Waals surface area contributed by atoms with Gasteiger partial charge in [0.25, 0.3) is 0 Å². The average molecular weight is 298 g/mol. The van der Waals surface area contributed by atoms with Gasteiger partial charge in [-0.1, -0.05) is 19.8 Å². The number of fused-ring (bicyclic) bond motifs is 1. The molecule has 0 radical (unpaired) electrons. The van der Waals surface area contributed by atoms with Crippen LogP contribution in [0.3, 0.4) is 0 Å². The third-order valence-electron chi connectivity index (χ3n) is 3.27. The molecule has 106 valence electrons. The predicted molar refractivity (Wildman–Crippen MR) is 84.2 cm³/mol. The first-order chi connectivity index (χ1) is 9.29. The molecule has 19 heavy (non-hydrogen) atoms. The lowest BCUT2D eigenvalue weighted by Crippen LogP contribution is -2.12. The number of thioether (sulfide) groups is 1. The van der Waals surface area contributed by atoms with Crippen molar-refractivity contribution in [2.45, 2.75) is 51.9 Å². The van der Waals surface area contributed by atoms with Gasteiger partial charge in [-0.15, -0.1) is 11.3 Å². The molecule has 0 spiro atoms. The molecule has 0 unspecified atom stereocenters. The van der Waals surface area contributed by atoms with Crippen molar-refractivity contribution in [2.75, 3.05) is 16.8 Å². The van der Waals surface area contributed by atoms with Crippen LogP contribution in [0.2, 0.25) is 0 Å². The molecule has 0 bridgehead atoms. The van der Waals surface area contributed by atoms with Crippen LogP contribution < -0.4 is 5.32 Å². The number of aromatic nitrogens is 1. The third kappa shape index (κ3) is 4.80. The second-order valence-electron chi connectivity index (χ2n) is 4.80. The Morgan fingerprint density at radius 1 is 1.32 bits per heavy atom. The van der Waals surface area contributed by atoms with E-state index in [-0.39, 0.29) is 5.91 Å². The Kier molecular flexibility index (Phi) is 6.17. The van der Waals surface area contributed by atoms with E-state index in [1.165, 1.54) is 36.3 Å². The normalized spacial score (nSPS) is 15.4. The van der Waals surface area contributed by atoms with Crippen molar-refractivity contribution >= 4 is 34.1 Å². The molecule has 1 heterocycles. The van der Waals surface area contributed by atoms with Gasteiger partial charge in [-0.05, 0) is 31.4 Å². The minimum atomic E-state index is 0.0997. The van der Waals surface area contributed by atoms with Gasteiger partial charge >= 0.3 is 0 Å². The summed E-state index contributed by atoms with van der Waals surface area (Å²) in [6, 6.07) is 0. The van der Waals surface area contributed by atoms with E-state index >= 15 is 0 Å². The Morgan fingerprint density at radius 2 is 2.11 bits per heavy atom. The third-order valence-corrected chi connectivity index (χ3v) is 5.24. The average Bonchev–Trinajstić information content (AvgIpc) is 2.71. The summed E-state index contributed by atoms with van der Waals surface area (Å²) in [5.74, 6) is 2.06. The van der Waals surface area contributed by atoms with Gasteiger partial charge in [-0.3, -0.25) is 4.79 Å². The van der Waals surface area contributed by atoms with Crippen molar-refractivity contribution in [2.24, 2.45) is 0 Å². The number of anilines is 1. The van der Waals surface area contributed by atoms with E-state index in [9.17, 15) is 4.79 Å². The lowest BCUT2D eigenvalue weighted by atomic mass is 10.0. The number of nitrogens with one attached hydrogen (secondary N) is 1. The van der Waals surface area contributed by atoms with Crippen molar-refractivity contribution in [1.82, 2.24) is 4.98 Å². The van der Waals surface area contributed by atoms with Crippen LogP contribution in [-0.2, 0) is 17.6 Å². The summed E-state index contributed by atoms with van der Waals surface area (Å²) in [7, 11) is 0. The Morgan fingerprint density at radius 3 is 2.89 bits per heavy atom. The highest BCUT2D eigenvalue weighted by Gasteiger charge is 2.14. The first-order valence-electron chi connectivity index (χ1n) is 7.15. The molecule has 0 fully saturated rings. The summed E-state index contributed by atoms with van der Waals surface area (Å²) in [5.41, 5.74) is 1.22. The molecule has 2 rings (SSSR count). The number of thiazole rings is 1. The number of carbonyl (C=O) groups excluding carboxylic acids is 1. The fourth-order valence-corrected chi connectivity index (χ4v) is 3.93. The van der Waals surface area contributed by atoms with Crippen molar-refractivity contribution in [3.63, 3.8) is 0 Å². The Balaban J connectivity index is 1.90. The molecule has 0 saturated heterocycles. The Bertz CT molecular complexity index is 392. The fourth-order valence-electron chi connectivity index (χ4n) is 2.25. The summed E-state index contributed by atoms with van der Waals surface area (Å²) < 4.78 is 0. The highest BCUT2D eigenvalue weighted by Crippen LogP contribution is 2.28. The molecule has 1 aromatic rings. The SMILES string of the molecule is CCSCCC(=O)Nc1nc2c(s1)CCCCCC2. The van der Waals surface area contributed by atoms with E-state index in [0.29, 0.717) is 6.42 Å². The second kappa shape index (κ2) is 7.90. The zero-order chi connectivity index (χ0) is 13.5. The molecular weight excluding hydrogens is 276 g/mol. The summed E-state index contributed by atoms with van der Waals surface area (Å²) in [6.07, 6.45) is 7.93. The zero-order valence-electron chi connectivity index (χ0n) is 11.5. The summed E-state index contributed by atoms with van der Waals surface area (Å²) in [5, 5.41) is 3.76. The lowest BCUT2D eigenvalue weighted by molar-refractivity contribution is -0.115. The molecular formula is C14H22N2OS2. The number of aryl methyl sites for hydroxylation is 2. The molecule has 0 atom stereocenters. The minimum absolute atomic E-state index is 0.0997. The molecule has 1 amide bonds. The van der Waals surface area contributed by atoms with Crippen LogP contribution in [0.4, 0.5) is 5.13 Å². The van der Waals surface area contributed by atoms with Gasteiger partial charge in [0.05, 0.1) is 5.69 Å². The molecule has 1 aliphatic rings. The predicted octanol–water partition coefficient (Wildman–Crippen LogP) is 3.88. The number of nitrogens with zero attached hydrogens (tertiary/aromatic N) is 1. The van der Waals surface area contributed by atoms with E-state index in [1.54, 1.807) is 23.1 Å². The summed E-state index contributed by atoms with van der Waals surface area (Å²) in [6.45, 7) is 2.11. The van der Waals surface area contributed by atoms with Gasteiger partial charge in [-0.25, -0.2) is 4.98 Å². The highest BCUT2D eigenvalue weighted by molar-refractivity contribution is 7.99. The maximum absolute atomic E-state index is 11.8. The van der Waals surface area contributed by atoms with Gasteiger partial charge in [0.1, 0.15) is 0 Å². The quantitative estimate of drug-likeness (QED) is 0.839. The molecule has 0 aromatic carbocycles. The lowest BCUT2D eigenvalue weighted by Gasteiger charge is -2.06. The molecule has 1 aliphatic carbocycles. The van der Waals surface area contributed by atoms with Crippen LogP contribution in [-0.4, -0.2) is 22.4 Å². The first kappa shape index (κ1) is 14.9. The number of rotatable bonds is 5. The van der Waals surface area contributed by atoms with Crippen LogP contribution in [0.25, 0.3) is 0 Å². The molecule has 1 N–H and O–H groups in total. The van der Waals surface area contributed by atoms with Crippen LogP contribution in [0.5, 0.6) is 0 Å². The smallest absolute Gasteiger partial charge is 0.226 e. The number of hydrogen-bond acceptors (Lipinski definition) is 4. The zero-order valence-corrected chi connectivity index (χ0v) is 13.2. The second-order valence-corrected chi connectivity index (χ2v) is 7.28. The van der Waals surface area contributed by atoms with Crippen molar-refractivity contribution in [3.8, 4) is 0 Å². The highest BCUT2D eigenvalue weighted by atomic mass is 32.2. The monoisotopic (exact) mass is 298 g/mol. The summed E-state index contributed by atoms with van der Waals surface area (Å²) in [4.78, 5) is 17.8. The van der Waals surface area contributed by atoms with Crippen molar-refractivity contribution < 1.29 is 4.79 Å². The maximum atomic E-state index is 11.8. The number of amides is 1. The molecule has 5 heteroatoms. The molecule has 0 aliphatic heterocycles. The van der Waals surface area contributed by atoms with Crippen LogP contribution in [0.1, 0.15) is 49.6 Å². The largest absolute Gasteiger partial charge is 0.302 e. The molecule has 0 saturated carbocycles. The van der Waals surface area contributed by atoms with E-state index in [2.05, 4.69) is 17.2 Å². The minimum Gasteiger partial charge on any atom is -0.302 e. The Hall–Kier alpha value is -0.550. The number of hydrogen-bond donors (Lipinski definition) is 1. The van der Waals surface area contributed by atoms with E-state index < -0.39 is 0 Å². The van der Waals surface area contributed by atoms with Gasteiger partial charge < -0.3 is 5.32 Å². The van der Waals surface area contributed by atoms with Gasteiger partial charge in [0.15, 0.2) is 5.13 Å². The topological polar surface area (TPSA) is 42.0 Å². The van der Waals surface area contributed by atoms with Crippen LogP contribution in [0, 0.1) is 0 Å². The maximum Gasteiger partial charge on any atom is 0.226 e. The summed E-state index contributed by atoms with van der Waals surface area (Å²) >= 11 is 3.48. The van der Waals surface area contributed by atoms with Crippen molar-refractivity contribution in [1.29, 1.82) is 0 Å². The van der Waals surface area contributed by atoms with Gasteiger partial charge in [-0.2, -0.15) is 11.8 Å². The molecule has 1 aromatic heterocycles. The first-order valence-corrected chi connectivity index (χ1v) is 9.13. The van der Waals surface area contributed by atoms with E-state index in [0.717, 1.165) is 29.5 Å². The molecule has 3 nitrogen and oxygen atoms in total. The Labute approximate surface area is 123 Å².